The lowest BCUT2D eigenvalue weighted by atomic mass is 9.98. The zero-order valence-corrected chi connectivity index (χ0v) is 17.0. The van der Waals surface area contributed by atoms with Crippen LogP contribution in [0.1, 0.15) is 30.9 Å². The van der Waals surface area contributed by atoms with Crippen LogP contribution < -0.4 is 5.32 Å². The fraction of sp³-hybridized carbons (Fsp3) is 0.350. The van der Waals surface area contributed by atoms with Crippen molar-refractivity contribution in [2.75, 3.05) is 12.4 Å². The molecule has 1 aliphatic carbocycles. The maximum atomic E-state index is 12.4. The molecule has 0 spiro atoms. The van der Waals surface area contributed by atoms with Gasteiger partial charge in [0.1, 0.15) is 6.61 Å². The summed E-state index contributed by atoms with van der Waals surface area (Å²) >= 11 is 0. The molecular weight excluding hydrogens is 392 g/mol. The molecule has 0 radical (unpaired) electrons. The number of carbonyl (C=O) groups excluding carboxylic acids is 1. The third-order valence-corrected chi connectivity index (χ3v) is 6.10. The Balaban J connectivity index is 1.70. The van der Waals surface area contributed by atoms with Crippen molar-refractivity contribution in [3.8, 4) is 11.1 Å². The van der Waals surface area contributed by atoms with Gasteiger partial charge in [0.25, 0.3) is 0 Å². The molecule has 152 valence electrons. The molecule has 0 fully saturated rings. The largest absolute Gasteiger partial charge is 0.449 e. The van der Waals surface area contributed by atoms with Gasteiger partial charge in [-0.1, -0.05) is 62.4 Å². The van der Waals surface area contributed by atoms with Crippen LogP contribution >= 0.6 is 0 Å². The summed E-state index contributed by atoms with van der Waals surface area (Å²) < 4.78 is 31.8. The minimum atomic E-state index is -3.99. The van der Waals surface area contributed by atoms with Crippen molar-refractivity contribution < 1.29 is 17.9 Å². The summed E-state index contributed by atoms with van der Waals surface area (Å²) in [4.78, 5) is 14.7. The summed E-state index contributed by atoms with van der Waals surface area (Å²) in [5, 5.41) is 2.58. The van der Waals surface area contributed by atoms with E-state index in [9.17, 15) is 13.2 Å². The van der Waals surface area contributed by atoms with E-state index in [2.05, 4.69) is 14.7 Å². The monoisotopic (exact) mass is 414 g/mol. The number of hydrogen-bond acceptors (Lipinski definition) is 4. The van der Waals surface area contributed by atoms with Crippen molar-refractivity contribution in [3.05, 3.63) is 70.1 Å². The van der Waals surface area contributed by atoms with E-state index in [0.717, 1.165) is 22.3 Å². The first-order valence-corrected chi connectivity index (χ1v) is 10.8. The molecule has 2 aromatic carbocycles. The highest BCUT2D eigenvalue weighted by Gasteiger charge is 2.30. The zero-order chi connectivity index (χ0) is 21.0. The highest BCUT2D eigenvalue weighted by molar-refractivity contribution is 7.90. The van der Waals surface area contributed by atoms with Crippen LogP contribution in [-0.2, 0) is 14.8 Å². The molecule has 8 nitrogen and oxygen atoms in total. The van der Waals surface area contributed by atoms with Gasteiger partial charge in [-0.25, -0.2) is 13.2 Å². The van der Waals surface area contributed by atoms with Gasteiger partial charge in [0.05, 0.1) is 5.75 Å². The van der Waals surface area contributed by atoms with Gasteiger partial charge in [-0.2, -0.15) is 0 Å². The van der Waals surface area contributed by atoms with Crippen LogP contribution in [0.5, 0.6) is 0 Å². The summed E-state index contributed by atoms with van der Waals surface area (Å²) in [7, 11) is -3.99. The number of ether oxygens (including phenoxy) is 1. The van der Waals surface area contributed by atoms with Crippen LogP contribution in [0.3, 0.4) is 0 Å². The summed E-state index contributed by atoms with van der Waals surface area (Å²) in [6.45, 7) is 3.66. The molecule has 0 saturated heterocycles. The molecule has 1 amide bonds. The van der Waals surface area contributed by atoms with Crippen LogP contribution in [0, 0.1) is 5.92 Å². The molecule has 0 unspecified atom stereocenters. The van der Waals surface area contributed by atoms with Crippen LogP contribution in [0.25, 0.3) is 21.6 Å². The maximum Gasteiger partial charge on any atom is 0.407 e. The lowest BCUT2D eigenvalue weighted by molar-refractivity contribution is 0.137. The number of azide groups is 1. The normalized spacial score (nSPS) is 13.9. The molecule has 29 heavy (non-hydrogen) atoms. The number of hydrogen-bond donors (Lipinski definition) is 1. The van der Waals surface area contributed by atoms with Gasteiger partial charge in [0, 0.05) is 21.4 Å². The highest BCUT2D eigenvalue weighted by atomic mass is 32.2. The average Bonchev–Trinajstić information content (AvgIpc) is 2.99. The van der Waals surface area contributed by atoms with Crippen molar-refractivity contribution in [1.82, 2.24) is 5.32 Å². The fourth-order valence-electron chi connectivity index (χ4n) is 3.51. The summed E-state index contributed by atoms with van der Waals surface area (Å²) in [6.07, 6.45) is -0.707. The molecular formula is C20H22N4O4S. The second-order valence-corrected chi connectivity index (χ2v) is 8.90. The Morgan fingerprint density at radius 2 is 1.69 bits per heavy atom. The lowest BCUT2D eigenvalue weighted by Gasteiger charge is -2.22. The molecule has 1 aliphatic rings. The Morgan fingerprint density at radius 1 is 1.14 bits per heavy atom. The highest BCUT2D eigenvalue weighted by Crippen LogP contribution is 2.44. The van der Waals surface area contributed by atoms with Crippen molar-refractivity contribution in [1.29, 1.82) is 0 Å². The number of alkyl carbamates (subject to hydrolysis) is 1. The number of sulfonamides is 1. The van der Waals surface area contributed by atoms with Gasteiger partial charge in [-0.15, -0.1) is 0 Å². The van der Waals surface area contributed by atoms with E-state index in [1.54, 1.807) is 13.8 Å². The van der Waals surface area contributed by atoms with E-state index >= 15 is 0 Å². The number of benzene rings is 2. The van der Waals surface area contributed by atoms with E-state index in [0.29, 0.717) is 0 Å². The van der Waals surface area contributed by atoms with E-state index in [1.165, 1.54) is 0 Å². The Morgan fingerprint density at radius 3 is 2.21 bits per heavy atom. The summed E-state index contributed by atoms with van der Waals surface area (Å²) in [5.41, 5.74) is 12.8. The van der Waals surface area contributed by atoms with Gasteiger partial charge in [0.2, 0.25) is 10.0 Å². The fourth-order valence-corrected chi connectivity index (χ4v) is 4.61. The van der Waals surface area contributed by atoms with E-state index < -0.39 is 27.9 Å². The summed E-state index contributed by atoms with van der Waals surface area (Å²) in [6, 6.07) is 15.2. The summed E-state index contributed by atoms with van der Waals surface area (Å²) in [5.74, 6) is -0.768. The van der Waals surface area contributed by atoms with E-state index in [-0.39, 0.29) is 18.4 Å². The second-order valence-electron chi connectivity index (χ2n) is 7.24. The number of amides is 1. The van der Waals surface area contributed by atoms with Crippen LogP contribution in [0.4, 0.5) is 4.79 Å². The molecule has 0 aliphatic heterocycles. The third-order valence-electron chi connectivity index (χ3n) is 5.00. The quantitative estimate of drug-likeness (QED) is 0.415. The van der Waals surface area contributed by atoms with Crippen molar-refractivity contribution in [2.45, 2.75) is 25.8 Å². The number of nitrogens with one attached hydrogen (secondary N) is 1. The predicted molar refractivity (Wildman–Crippen MR) is 110 cm³/mol. The van der Waals surface area contributed by atoms with Crippen molar-refractivity contribution in [3.63, 3.8) is 0 Å². The zero-order valence-electron chi connectivity index (χ0n) is 16.1. The molecule has 1 N–H and O–H groups in total. The van der Waals surface area contributed by atoms with Gasteiger partial charge in [-0.05, 0) is 33.7 Å². The molecule has 9 heteroatoms. The molecule has 0 aromatic heterocycles. The van der Waals surface area contributed by atoms with Crippen LogP contribution in [0.15, 0.2) is 53.1 Å². The van der Waals surface area contributed by atoms with Gasteiger partial charge in [0.15, 0.2) is 0 Å². The molecule has 0 bridgehead atoms. The number of carbonyl (C=O) groups is 1. The number of rotatable bonds is 7. The average molecular weight is 414 g/mol. The first-order chi connectivity index (χ1) is 13.8. The Labute approximate surface area is 169 Å². The van der Waals surface area contributed by atoms with Crippen LogP contribution in [-0.4, -0.2) is 32.9 Å². The Bertz CT molecular complexity index is 1020. The molecule has 3 rings (SSSR count). The van der Waals surface area contributed by atoms with Gasteiger partial charge >= 0.3 is 6.09 Å². The smallest absolute Gasteiger partial charge is 0.407 e. The van der Waals surface area contributed by atoms with Gasteiger partial charge < -0.3 is 10.1 Å². The number of fused-ring (bicyclic) bond motifs is 3. The minimum absolute atomic E-state index is 0.0856. The van der Waals surface area contributed by atoms with Crippen LogP contribution in [0.2, 0.25) is 0 Å². The first-order valence-electron chi connectivity index (χ1n) is 9.23. The van der Waals surface area contributed by atoms with E-state index in [4.69, 9.17) is 10.3 Å². The predicted octanol–water partition coefficient (Wildman–Crippen LogP) is 4.19. The Kier molecular flexibility index (Phi) is 6.10. The second kappa shape index (κ2) is 8.55. The molecule has 0 saturated carbocycles. The lowest BCUT2D eigenvalue weighted by Crippen LogP contribution is -2.43. The van der Waals surface area contributed by atoms with Crippen molar-refractivity contribution >= 4 is 16.1 Å². The molecule has 1 atom stereocenters. The molecule has 0 heterocycles. The van der Waals surface area contributed by atoms with Gasteiger partial charge in [-0.3, -0.25) is 0 Å². The topological polar surface area (TPSA) is 121 Å². The molecule has 2 aromatic rings. The van der Waals surface area contributed by atoms with Crippen molar-refractivity contribution in [2.24, 2.45) is 10.4 Å². The first kappa shape index (κ1) is 20.7. The third kappa shape index (κ3) is 4.70. The minimum Gasteiger partial charge on any atom is -0.449 e. The Hall–Kier alpha value is -3.03. The van der Waals surface area contributed by atoms with E-state index in [1.807, 2.05) is 48.5 Å². The number of nitrogens with zero attached hydrogens (tertiary/aromatic N) is 3. The standard InChI is InChI=1S/C20H22N4O4S/c1-13(2)19(12-29(26,27)24-23-21)22-20(25)28-11-18-16-9-5-3-7-14(16)15-8-4-6-10-17(15)18/h3-10,13,18-19H,11-12H2,1-2H3,(H,22,25)/t19-/m1/s1. The maximum absolute atomic E-state index is 12.4. The SMILES string of the molecule is CC(C)[C@@H](CS(=O)(=O)N=[N+]=[N-])NC(=O)OCC1c2ccccc2-c2ccccc21.